The molecule has 1 unspecified atom stereocenters. The zero-order chi connectivity index (χ0) is 12.6. The average Bonchev–Trinajstić information content (AvgIpc) is 2.58. The predicted octanol–water partition coefficient (Wildman–Crippen LogP) is 0.190. The van der Waals surface area contributed by atoms with Crippen LogP contribution < -0.4 is 10.6 Å². The summed E-state index contributed by atoms with van der Waals surface area (Å²) in [6.07, 6.45) is 0.607. The van der Waals surface area contributed by atoms with E-state index in [9.17, 15) is 9.90 Å². The van der Waals surface area contributed by atoms with Crippen molar-refractivity contribution in [1.82, 2.24) is 10.2 Å². The van der Waals surface area contributed by atoms with Gasteiger partial charge in [0.15, 0.2) is 11.0 Å². The zero-order valence-electron chi connectivity index (χ0n) is 9.35. The van der Waals surface area contributed by atoms with Crippen LogP contribution in [-0.4, -0.2) is 39.9 Å². The minimum atomic E-state index is -0.782. The molecule has 1 aliphatic heterocycles. The van der Waals surface area contributed by atoms with Gasteiger partial charge in [-0.25, -0.2) is 0 Å². The highest BCUT2D eigenvalue weighted by molar-refractivity contribution is 6.29. The molecule has 6 nitrogen and oxygen atoms in total. The first kappa shape index (κ1) is 12.1. The van der Waals surface area contributed by atoms with Crippen LogP contribution in [0.15, 0.2) is 6.07 Å². The molecule has 0 bridgehead atoms. The molecule has 1 aromatic heterocycles. The number of carbonyl (C=O) groups excluding carboxylic acids is 1. The smallest absolute Gasteiger partial charge is 0.252 e. The van der Waals surface area contributed by atoms with Crippen molar-refractivity contribution in [3.63, 3.8) is 0 Å². The number of nitrogens with zero attached hydrogens (tertiary/aromatic N) is 3. The van der Waals surface area contributed by atoms with Crippen molar-refractivity contribution < 1.29 is 9.90 Å². The van der Waals surface area contributed by atoms with Gasteiger partial charge in [-0.05, 0) is 19.4 Å². The minimum Gasteiger partial charge on any atom is -0.388 e. The van der Waals surface area contributed by atoms with Gasteiger partial charge in [-0.3, -0.25) is 4.79 Å². The number of halogens is 1. The molecule has 1 amide bonds. The van der Waals surface area contributed by atoms with Crippen LogP contribution >= 0.6 is 11.6 Å². The Morgan fingerprint density at radius 1 is 1.65 bits per heavy atom. The maximum absolute atomic E-state index is 11.3. The van der Waals surface area contributed by atoms with Crippen LogP contribution in [0.3, 0.4) is 0 Å². The zero-order valence-corrected chi connectivity index (χ0v) is 10.1. The van der Waals surface area contributed by atoms with Crippen molar-refractivity contribution >= 4 is 23.3 Å². The number of carbonyl (C=O) groups is 1. The first-order valence-corrected chi connectivity index (χ1v) is 5.57. The van der Waals surface area contributed by atoms with Gasteiger partial charge in [-0.15, -0.1) is 10.2 Å². The molecule has 0 aliphatic carbocycles. The molecule has 7 heteroatoms. The van der Waals surface area contributed by atoms with E-state index in [0.29, 0.717) is 25.3 Å². The highest BCUT2D eigenvalue weighted by Gasteiger charge is 2.33. The largest absolute Gasteiger partial charge is 0.388 e. The summed E-state index contributed by atoms with van der Waals surface area (Å²) in [5, 5.41) is 17.6. The van der Waals surface area contributed by atoms with E-state index in [1.807, 2.05) is 0 Å². The Balaban J connectivity index is 2.36. The van der Waals surface area contributed by atoms with E-state index in [-0.39, 0.29) is 10.7 Å². The number of rotatable bonds is 2. The second-order valence-electron chi connectivity index (χ2n) is 4.44. The third-order valence-corrected chi connectivity index (χ3v) is 2.95. The lowest BCUT2D eigenvalue weighted by molar-refractivity contribution is 0.0837. The fourth-order valence-corrected chi connectivity index (χ4v) is 2.05. The molecular formula is C10H13ClN4O2. The molecule has 1 saturated heterocycles. The van der Waals surface area contributed by atoms with Gasteiger partial charge in [-0.1, -0.05) is 11.6 Å². The average molecular weight is 257 g/mol. The van der Waals surface area contributed by atoms with E-state index in [4.69, 9.17) is 17.3 Å². The van der Waals surface area contributed by atoms with Crippen molar-refractivity contribution in [1.29, 1.82) is 0 Å². The lowest BCUT2D eigenvalue weighted by atomic mass is 10.1. The van der Waals surface area contributed by atoms with Gasteiger partial charge in [0, 0.05) is 13.1 Å². The lowest BCUT2D eigenvalue weighted by Gasteiger charge is -2.20. The van der Waals surface area contributed by atoms with Gasteiger partial charge in [-0.2, -0.15) is 0 Å². The maximum Gasteiger partial charge on any atom is 0.252 e. The van der Waals surface area contributed by atoms with Gasteiger partial charge in [0.1, 0.15) is 0 Å². The summed E-state index contributed by atoms with van der Waals surface area (Å²) >= 11 is 5.67. The SMILES string of the molecule is CC1(O)CCN(c2nnc(Cl)cc2C(N)=O)C1. The first-order valence-electron chi connectivity index (χ1n) is 5.19. The number of β-amino-alcohol motifs (C(OH)–C–C–N with tert-alkyl or cyclic N) is 1. The molecule has 1 fully saturated rings. The predicted molar refractivity (Wildman–Crippen MR) is 63.0 cm³/mol. The molecule has 0 aromatic carbocycles. The second kappa shape index (κ2) is 4.12. The van der Waals surface area contributed by atoms with Gasteiger partial charge < -0.3 is 15.7 Å². The summed E-state index contributed by atoms with van der Waals surface area (Å²) in [6, 6.07) is 1.39. The summed E-state index contributed by atoms with van der Waals surface area (Å²) in [5.74, 6) is -0.233. The first-order chi connectivity index (χ1) is 7.89. The second-order valence-corrected chi connectivity index (χ2v) is 4.82. The molecule has 1 aliphatic rings. The minimum absolute atomic E-state index is 0.119. The molecule has 17 heavy (non-hydrogen) atoms. The third-order valence-electron chi connectivity index (χ3n) is 2.76. The van der Waals surface area contributed by atoms with Gasteiger partial charge in [0.25, 0.3) is 5.91 Å². The van der Waals surface area contributed by atoms with E-state index in [1.165, 1.54) is 6.07 Å². The lowest BCUT2D eigenvalue weighted by Crippen LogP contribution is -2.31. The molecule has 2 heterocycles. The molecule has 0 saturated carbocycles. The van der Waals surface area contributed by atoms with Crippen LogP contribution in [0.25, 0.3) is 0 Å². The normalized spacial score (nSPS) is 24.1. The number of anilines is 1. The molecule has 1 atom stereocenters. The summed E-state index contributed by atoms with van der Waals surface area (Å²) in [4.78, 5) is 13.1. The van der Waals surface area contributed by atoms with Crippen molar-refractivity contribution in [3.05, 3.63) is 16.8 Å². The number of amides is 1. The van der Waals surface area contributed by atoms with E-state index in [1.54, 1.807) is 11.8 Å². The topological polar surface area (TPSA) is 92.3 Å². The van der Waals surface area contributed by atoms with E-state index >= 15 is 0 Å². The fourth-order valence-electron chi connectivity index (χ4n) is 1.90. The monoisotopic (exact) mass is 256 g/mol. The maximum atomic E-state index is 11.3. The van der Waals surface area contributed by atoms with E-state index in [2.05, 4.69) is 10.2 Å². The van der Waals surface area contributed by atoms with Crippen molar-refractivity contribution in [2.75, 3.05) is 18.0 Å². The van der Waals surface area contributed by atoms with Crippen molar-refractivity contribution in [2.45, 2.75) is 18.9 Å². The van der Waals surface area contributed by atoms with Crippen LogP contribution in [-0.2, 0) is 0 Å². The number of aromatic nitrogens is 2. The molecule has 0 radical (unpaired) electrons. The van der Waals surface area contributed by atoms with E-state index in [0.717, 1.165) is 0 Å². The summed E-state index contributed by atoms with van der Waals surface area (Å²) in [7, 11) is 0. The molecular weight excluding hydrogens is 244 g/mol. The highest BCUT2D eigenvalue weighted by Crippen LogP contribution is 2.27. The van der Waals surface area contributed by atoms with Gasteiger partial charge >= 0.3 is 0 Å². The third kappa shape index (κ3) is 2.48. The van der Waals surface area contributed by atoms with Crippen LogP contribution in [0.1, 0.15) is 23.7 Å². The Morgan fingerprint density at radius 3 is 2.88 bits per heavy atom. The molecule has 1 aromatic rings. The Kier molecular flexibility index (Phi) is 2.92. The van der Waals surface area contributed by atoms with Crippen LogP contribution in [0.4, 0.5) is 5.82 Å². The van der Waals surface area contributed by atoms with Crippen LogP contribution in [0.5, 0.6) is 0 Å². The van der Waals surface area contributed by atoms with Crippen LogP contribution in [0, 0.1) is 0 Å². The summed E-state index contributed by atoms with van der Waals surface area (Å²) in [5.41, 5.74) is 4.71. The number of hydrogen-bond acceptors (Lipinski definition) is 5. The molecule has 92 valence electrons. The highest BCUT2D eigenvalue weighted by atomic mass is 35.5. The number of aliphatic hydroxyl groups is 1. The number of hydrogen-bond donors (Lipinski definition) is 2. The number of primary amides is 1. The van der Waals surface area contributed by atoms with Gasteiger partial charge in [0.2, 0.25) is 0 Å². The molecule has 0 spiro atoms. The molecule has 2 rings (SSSR count). The van der Waals surface area contributed by atoms with Crippen LogP contribution in [0.2, 0.25) is 5.15 Å². The van der Waals surface area contributed by atoms with Crippen molar-refractivity contribution in [2.24, 2.45) is 5.73 Å². The molecule has 3 N–H and O–H groups in total. The summed E-state index contributed by atoms with van der Waals surface area (Å²) in [6.45, 7) is 2.73. The Morgan fingerprint density at radius 2 is 2.35 bits per heavy atom. The van der Waals surface area contributed by atoms with E-state index < -0.39 is 11.5 Å². The Bertz CT molecular complexity index is 464. The van der Waals surface area contributed by atoms with Gasteiger partial charge in [0.05, 0.1) is 11.2 Å². The Hall–Kier alpha value is -1.40. The standard InChI is InChI=1S/C10H13ClN4O2/c1-10(17)2-3-15(5-10)9-6(8(12)16)4-7(11)13-14-9/h4,17H,2-3,5H2,1H3,(H2,12,16). The quantitative estimate of drug-likeness (QED) is 0.788. The summed E-state index contributed by atoms with van der Waals surface area (Å²) < 4.78 is 0. The van der Waals surface area contributed by atoms with Crippen molar-refractivity contribution in [3.8, 4) is 0 Å². The fraction of sp³-hybridized carbons (Fsp3) is 0.500. The Labute approximate surface area is 103 Å². The number of nitrogens with two attached hydrogens (primary N) is 1.